The van der Waals surface area contributed by atoms with Crippen LogP contribution in [0.25, 0.3) is 11.0 Å². The molecule has 1 saturated heterocycles. The van der Waals surface area contributed by atoms with Gasteiger partial charge in [-0.25, -0.2) is 4.39 Å². The van der Waals surface area contributed by atoms with Gasteiger partial charge >= 0.3 is 0 Å². The molecule has 1 aliphatic heterocycles. The summed E-state index contributed by atoms with van der Waals surface area (Å²) in [5, 5.41) is 7.80. The quantitative estimate of drug-likeness (QED) is 0.482. The van der Waals surface area contributed by atoms with Crippen molar-refractivity contribution in [2.75, 3.05) is 39.9 Å². The molecule has 0 amide bonds. The fourth-order valence-corrected chi connectivity index (χ4v) is 3.74. The number of para-hydroxylation sites is 1. The summed E-state index contributed by atoms with van der Waals surface area (Å²) in [6, 6.07) is 16.8. The average Bonchev–Trinajstić information content (AvgIpc) is 3.21. The Morgan fingerprint density at radius 1 is 1.10 bits per heavy atom. The fraction of sp³-hybridized carbons (Fsp3) is 0.348. The van der Waals surface area contributed by atoms with Crippen LogP contribution in [0.15, 0.2) is 64.0 Å². The fourth-order valence-electron chi connectivity index (χ4n) is 3.74. The van der Waals surface area contributed by atoms with Gasteiger partial charge < -0.3 is 19.8 Å². The minimum atomic E-state index is -0.226. The zero-order chi connectivity index (χ0) is 20.8. The van der Waals surface area contributed by atoms with Gasteiger partial charge in [0.25, 0.3) is 0 Å². The highest BCUT2D eigenvalue weighted by molar-refractivity contribution is 5.80. The number of furan rings is 1. The number of rotatable bonds is 6. The molecule has 1 aromatic heterocycles. The summed E-state index contributed by atoms with van der Waals surface area (Å²) in [7, 11) is 1.75. The maximum atomic E-state index is 13.4. The number of benzene rings is 2. The Morgan fingerprint density at radius 3 is 2.60 bits per heavy atom. The van der Waals surface area contributed by atoms with E-state index in [4.69, 9.17) is 9.15 Å². The molecule has 0 saturated carbocycles. The molecule has 2 heterocycles. The molecule has 0 aliphatic carbocycles. The second-order valence-electron chi connectivity index (χ2n) is 7.27. The number of nitrogens with one attached hydrogen (secondary N) is 2. The lowest BCUT2D eigenvalue weighted by Crippen LogP contribution is -2.46. The summed E-state index contributed by atoms with van der Waals surface area (Å²) >= 11 is 0. The topological polar surface area (TPSA) is 62.0 Å². The third-order valence-corrected chi connectivity index (χ3v) is 5.33. The van der Waals surface area contributed by atoms with Crippen LogP contribution in [-0.2, 0) is 11.3 Å². The standard InChI is InChI=1S/C23H27FN4O2/c1-25-23(26-15-20-14-18-4-2-3-5-22(18)30-20)27-16-21(28-10-12-29-13-11-28)17-6-8-19(24)9-7-17/h2-9,14,21H,10-13,15-16H2,1H3,(H2,25,26,27). The number of hydrogen-bond acceptors (Lipinski definition) is 4. The number of morpholine rings is 1. The third-order valence-electron chi connectivity index (χ3n) is 5.33. The lowest BCUT2D eigenvalue weighted by Gasteiger charge is -2.35. The Balaban J connectivity index is 1.39. The molecule has 1 unspecified atom stereocenters. The van der Waals surface area contributed by atoms with Gasteiger partial charge in [0.2, 0.25) is 0 Å². The summed E-state index contributed by atoms with van der Waals surface area (Å²) in [6.45, 7) is 4.27. The molecule has 158 valence electrons. The predicted octanol–water partition coefficient (Wildman–Crippen LogP) is 3.31. The van der Waals surface area contributed by atoms with Crippen molar-refractivity contribution in [3.8, 4) is 0 Å². The van der Waals surface area contributed by atoms with Crippen LogP contribution in [0, 0.1) is 5.82 Å². The molecule has 1 aliphatic rings. The Bertz CT molecular complexity index is 947. The normalized spacial score (nSPS) is 16.5. The van der Waals surface area contributed by atoms with Crippen molar-refractivity contribution in [2.45, 2.75) is 12.6 Å². The van der Waals surface area contributed by atoms with Gasteiger partial charge in [0.1, 0.15) is 17.2 Å². The van der Waals surface area contributed by atoms with Gasteiger partial charge in [-0.05, 0) is 29.8 Å². The van der Waals surface area contributed by atoms with Crippen molar-refractivity contribution in [3.05, 3.63) is 71.7 Å². The van der Waals surface area contributed by atoms with E-state index >= 15 is 0 Å². The van der Waals surface area contributed by atoms with Crippen molar-refractivity contribution < 1.29 is 13.5 Å². The van der Waals surface area contributed by atoms with Gasteiger partial charge in [0.05, 0.1) is 25.8 Å². The van der Waals surface area contributed by atoms with E-state index in [9.17, 15) is 4.39 Å². The molecule has 7 heteroatoms. The highest BCUT2D eigenvalue weighted by Gasteiger charge is 2.23. The lowest BCUT2D eigenvalue weighted by molar-refractivity contribution is 0.0170. The zero-order valence-electron chi connectivity index (χ0n) is 17.1. The first-order valence-electron chi connectivity index (χ1n) is 10.2. The number of halogens is 1. The van der Waals surface area contributed by atoms with Gasteiger partial charge in [-0.3, -0.25) is 9.89 Å². The summed E-state index contributed by atoms with van der Waals surface area (Å²) in [5.74, 6) is 1.31. The number of aliphatic imine (C=N–C) groups is 1. The summed E-state index contributed by atoms with van der Waals surface area (Å²) in [6.07, 6.45) is 0. The van der Waals surface area contributed by atoms with E-state index in [0.29, 0.717) is 32.3 Å². The van der Waals surface area contributed by atoms with Crippen LogP contribution < -0.4 is 10.6 Å². The number of fused-ring (bicyclic) bond motifs is 1. The number of ether oxygens (including phenoxy) is 1. The van der Waals surface area contributed by atoms with Crippen LogP contribution in [0.4, 0.5) is 4.39 Å². The van der Waals surface area contributed by atoms with E-state index < -0.39 is 0 Å². The van der Waals surface area contributed by atoms with E-state index in [0.717, 1.165) is 35.4 Å². The van der Waals surface area contributed by atoms with Crippen molar-refractivity contribution in [2.24, 2.45) is 4.99 Å². The van der Waals surface area contributed by atoms with Crippen molar-refractivity contribution >= 4 is 16.9 Å². The van der Waals surface area contributed by atoms with E-state index in [1.165, 1.54) is 12.1 Å². The first-order chi connectivity index (χ1) is 14.7. The van der Waals surface area contributed by atoms with Crippen LogP contribution in [0.5, 0.6) is 0 Å². The highest BCUT2D eigenvalue weighted by Crippen LogP contribution is 2.22. The van der Waals surface area contributed by atoms with Crippen molar-refractivity contribution in [3.63, 3.8) is 0 Å². The molecule has 30 heavy (non-hydrogen) atoms. The van der Waals surface area contributed by atoms with Crippen molar-refractivity contribution in [1.82, 2.24) is 15.5 Å². The number of hydrogen-bond donors (Lipinski definition) is 2. The van der Waals surface area contributed by atoms with Crippen LogP contribution in [0.2, 0.25) is 0 Å². The second-order valence-corrected chi connectivity index (χ2v) is 7.27. The highest BCUT2D eigenvalue weighted by atomic mass is 19.1. The second kappa shape index (κ2) is 9.73. The molecule has 0 bridgehead atoms. The Kier molecular flexibility index (Phi) is 6.61. The molecular weight excluding hydrogens is 383 g/mol. The van der Waals surface area contributed by atoms with Gasteiger partial charge in [-0.2, -0.15) is 0 Å². The smallest absolute Gasteiger partial charge is 0.191 e. The summed E-state index contributed by atoms with van der Waals surface area (Å²) in [4.78, 5) is 6.69. The predicted molar refractivity (Wildman–Crippen MR) is 116 cm³/mol. The summed E-state index contributed by atoms with van der Waals surface area (Å²) in [5.41, 5.74) is 1.94. The molecule has 1 fully saturated rings. The third kappa shape index (κ3) is 4.98. The zero-order valence-corrected chi connectivity index (χ0v) is 17.1. The van der Waals surface area contributed by atoms with Gasteiger partial charge in [0, 0.05) is 32.1 Å². The molecule has 2 N–H and O–H groups in total. The van der Waals surface area contributed by atoms with Crippen LogP contribution in [-0.4, -0.2) is 50.8 Å². The van der Waals surface area contributed by atoms with Crippen LogP contribution in [0.1, 0.15) is 17.4 Å². The maximum absolute atomic E-state index is 13.4. The molecule has 2 aromatic carbocycles. The molecule has 0 radical (unpaired) electrons. The molecule has 6 nitrogen and oxygen atoms in total. The van der Waals surface area contributed by atoms with Crippen molar-refractivity contribution in [1.29, 1.82) is 0 Å². The molecular formula is C23H27FN4O2. The number of nitrogens with zero attached hydrogens (tertiary/aromatic N) is 2. The van der Waals surface area contributed by atoms with E-state index in [1.807, 2.05) is 42.5 Å². The Labute approximate surface area is 175 Å². The lowest BCUT2D eigenvalue weighted by atomic mass is 10.0. The van der Waals surface area contributed by atoms with Gasteiger partial charge in [-0.1, -0.05) is 30.3 Å². The monoisotopic (exact) mass is 410 g/mol. The maximum Gasteiger partial charge on any atom is 0.191 e. The molecule has 0 spiro atoms. The van der Waals surface area contributed by atoms with E-state index in [-0.39, 0.29) is 11.9 Å². The van der Waals surface area contributed by atoms with Crippen LogP contribution >= 0.6 is 0 Å². The number of guanidine groups is 1. The first kappa shape index (κ1) is 20.4. The summed E-state index contributed by atoms with van der Waals surface area (Å²) < 4.78 is 24.8. The van der Waals surface area contributed by atoms with E-state index in [1.54, 1.807) is 7.05 Å². The SMILES string of the molecule is CN=C(NCc1cc2ccccc2o1)NCC(c1ccc(F)cc1)N1CCOCC1. The average molecular weight is 410 g/mol. The van der Waals surface area contributed by atoms with Gasteiger partial charge in [-0.15, -0.1) is 0 Å². The Hall–Kier alpha value is -2.90. The first-order valence-corrected chi connectivity index (χ1v) is 10.2. The van der Waals surface area contributed by atoms with E-state index in [2.05, 4.69) is 20.5 Å². The minimum absolute atomic E-state index is 0.0965. The molecule has 1 atom stereocenters. The molecule has 4 rings (SSSR count). The van der Waals surface area contributed by atoms with Gasteiger partial charge in [0.15, 0.2) is 5.96 Å². The Morgan fingerprint density at radius 2 is 1.87 bits per heavy atom. The van der Waals surface area contributed by atoms with Crippen LogP contribution in [0.3, 0.4) is 0 Å². The minimum Gasteiger partial charge on any atom is -0.459 e. The molecule has 3 aromatic rings. The largest absolute Gasteiger partial charge is 0.459 e.